The van der Waals surface area contributed by atoms with Crippen molar-refractivity contribution < 1.29 is 23.1 Å². The van der Waals surface area contributed by atoms with Crippen LogP contribution in [0.25, 0.3) is 0 Å². The smallest absolute Gasteiger partial charge is 0.251 e. The van der Waals surface area contributed by atoms with Crippen molar-refractivity contribution >= 4 is 11.8 Å². The highest BCUT2D eigenvalue weighted by Gasteiger charge is 2.36. The molecule has 0 bridgehead atoms. The first kappa shape index (κ1) is 26.0. The normalized spacial score (nSPS) is 11.3. The number of amides is 2. The van der Waals surface area contributed by atoms with E-state index < -0.39 is 5.60 Å². The number of unbranched alkanes of at least 4 members (excludes halogenated alkanes) is 3. The minimum absolute atomic E-state index is 0.194. The summed E-state index contributed by atoms with van der Waals surface area (Å²) in [7, 11) is 1.54. The number of primary amides is 1. The Balaban J connectivity index is 1.76. The monoisotopic (exact) mass is 480 g/mol. The van der Waals surface area contributed by atoms with Gasteiger partial charge in [-0.15, -0.1) is 0 Å². The topological polar surface area (TPSA) is 81.4 Å². The van der Waals surface area contributed by atoms with Crippen LogP contribution in [0.1, 0.15) is 59.2 Å². The Hall–Kier alpha value is -3.58. The Kier molecular flexibility index (Phi) is 9.09. The lowest BCUT2D eigenvalue weighted by Gasteiger charge is -2.34. The van der Waals surface area contributed by atoms with Crippen molar-refractivity contribution in [2.45, 2.75) is 37.7 Å². The molecule has 0 radical (unpaired) electrons. The highest BCUT2D eigenvalue weighted by atomic mass is 19.1. The molecule has 0 aliphatic rings. The van der Waals surface area contributed by atoms with Crippen molar-refractivity contribution in [1.82, 2.24) is 5.32 Å². The zero-order valence-corrected chi connectivity index (χ0v) is 19.7. The molecule has 0 heterocycles. The van der Waals surface area contributed by atoms with Gasteiger partial charge in [0.25, 0.3) is 5.91 Å². The van der Waals surface area contributed by atoms with Gasteiger partial charge in [-0.1, -0.05) is 49.2 Å². The zero-order valence-electron chi connectivity index (χ0n) is 19.7. The number of hydrogen-bond acceptors (Lipinski definition) is 3. The molecular weight excluding hydrogens is 450 g/mol. The second-order valence-electron chi connectivity index (χ2n) is 8.36. The van der Waals surface area contributed by atoms with E-state index in [0.717, 1.165) is 25.7 Å². The Morgan fingerprint density at radius 3 is 1.69 bits per heavy atom. The minimum Gasteiger partial charge on any atom is -0.370 e. The number of hydrogen-bond donors (Lipinski definition) is 2. The third kappa shape index (κ3) is 6.51. The number of benzene rings is 3. The molecule has 0 saturated carbocycles. The van der Waals surface area contributed by atoms with Gasteiger partial charge in [-0.3, -0.25) is 9.59 Å². The van der Waals surface area contributed by atoms with Crippen LogP contribution in [0, 0.1) is 11.6 Å². The molecule has 35 heavy (non-hydrogen) atoms. The third-order valence-electron chi connectivity index (χ3n) is 6.00. The fraction of sp³-hybridized carbons (Fsp3) is 0.286. The van der Waals surface area contributed by atoms with Crippen molar-refractivity contribution in [3.63, 3.8) is 0 Å². The van der Waals surface area contributed by atoms with Gasteiger partial charge in [0, 0.05) is 25.6 Å². The third-order valence-corrected chi connectivity index (χ3v) is 6.00. The van der Waals surface area contributed by atoms with E-state index in [2.05, 4.69) is 5.32 Å². The first-order chi connectivity index (χ1) is 16.9. The van der Waals surface area contributed by atoms with Crippen LogP contribution in [0.3, 0.4) is 0 Å². The van der Waals surface area contributed by atoms with E-state index in [1.807, 2.05) is 0 Å². The molecule has 3 aromatic rings. The molecule has 7 heteroatoms. The summed E-state index contributed by atoms with van der Waals surface area (Å²) < 4.78 is 33.3. The molecule has 0 aliphatic heterocycles. The molecule has 0 fully saturated rings. The second kappa shape index (κ2) is 12.2. The molecule has 2 amide bonds. The van der Waals surface area contributed by atoms with Crippen molar-refractivity contribution in [2.24, 2.45) is 5.73 Å². The van der Waals surface area contributed by atoms with Crippen LogP contribution in [0.4, 0.5) is 8.78 Å². The van der Waals surface area contributed by atoms with Crippen LogP contribution in [0.2, 0.25) is 0 Å². The highest BCUT2D eigenvalue weighted by Crippen LogP contribution is 2.40. The van der Waals surface area contributed by atoms with Crippen LogP contribution >= 0.6 is 0 Å². The molecule has 0 atom stereocenters. The number of carbonyl (C=O) groups excluding carboxylic acids is 2. The predicted octanol–water partition coefficient (Wildman–Crippen LogP) is 5.07. The van der Waals surface area contributed by atoms with E-state index in [-0.39, 0.29) is 23.4 Å². The predicted molar refractivity (Wildman–Crippen MR) is 131 cm³/mol. The number of ether oxygens (including phenoxy) is 1. The fourth-order valence-electron chi connectivity index (χ4n) is 4.16. The van der Waals surface area contributed by atoms with Gasteiger partial charge in [0.05, 0.1) is 0 Å². The molecule has 0 aliphatic carbocycles. The minimum atomic E-state index is -1.12. The molecule has 5 nitrogen and oxygen atoms in total. The van der Waals surface area contributed by atoms with Gasteiger partial charge in [-0.05, 0) is 65.9 Å². The SMILES string of the molecule is COC(c1ccc(F)cc1)(c1ccc(F)cc1)c1ccc(C(=O)NCCCCCCC(N)=O)cc1. The quantitative estimate of drug-likeness (QED) is 0.281. The summed E-state index contributed by atoms with van der Waals surface area (Å²) in [6.45, 7) is 0.532. The van der Waals surface area contributed by atoms with Crippen LogP contribution in [-0.4, -0.2) is 25.5 Å². The second-order valence-corrected chi connectivity index (χ2v) is 8.36. The van der Waals surface area contributed by atoms with Gasteiger partial charge in [0.2, 0.25) is 5.91 Å². The van der Waals surface area contributed by atoms with Crippen LogP contribution in [0.15, 0.2) is 72.8 Å². The average Bonchev–Trinajstić information content (AvgIpc) is 2.86. The number of nitrogens with two attached hydrogens (primary N) is 1. The maximum atomic E-state index is 13.6. The Morgan fingerprint density at radius 1 is 0.771 bits per heavy atom. The lowest BCUT2D eigenvalue weighted by Crippen LogP contribution is -2.32. The van der Waals surface area contributed by atoms with E-state index in [1.165, 1.54) is 31.4 Å². The number of methoxy groups -OCH3 is 1. The first-order valence-corrected chi connectivity index (χ1v) is 11.6. The number of halogens is 2. The molecule has 0 saturated heterocycles. The maximum Gasteiger partial charge on any atom is 0.251 e. The summed E-state index contributed by atoms with van der Waals surface area (Å²) in [5, 5.41) is 2.90. The number of carbonyl (C=O) groups is 2. The highest BCUT2D eigenvalue weighted by molar-refractivity contribution is 5.94. The molecule has 0 spiro atoms. The van der Waals surface area contributed by atoms with Crippen LogP contribution < -0.4 is 11.1 Å². The molecular formula is C28H30F2N2O3. The standard InChI is InChI=1S/C28H30F2N2O3/c1-35-28(22-11-15-24(29)16-12-22,23-13-17-25(30)18-14-23)21-9-7-20(8-10-21)27(34)32-19-5-3-2-4-6-26(31)33/h7-18H,2-6,19H2,1H3,(H2,31,33)(H,32,34). The molecule has 0 aromatic heterocycles. The Bertz CT molecular complexity index is 1070. The summed E-state index contributed by atoms with van der Waals surface area (Å²) in [5.41, 5.74) is 6.54. The van der Waals surface area contributed by atoms with Crippen LogP contribution in [-0.2, 0) is 15.1 Å². The maximum absolute atomic E-state index is 13.6. The van der Waals surface area contributed by atoms with E-state index in [4.69, 9.17) is 10.5 Å². The first-order valence-electron chi connectivity index (χ1n) is 11.6. The largest absolute Gasteiger partial charge is 0.370 e. The van der Waals surface area contributed by atoms with E-state index >= 15 is 0 Å². The summed E-state index contributed by atoms with van der Waals surface area (Å²) in [4.78, 5) is 23.3. The van der Waals surface area contributed by atoms with Gasteiger partial charge in [0.15, 0.2) is 0 Å². The van der Waals surface area contributed by atoms with E-state index in [0.29, 0.717) is 35.2 Å². The van der Waals surface area contributed by atoms with E-state index in [9.17, 15) is 18.4 Å². The Labute approximate surface area is 204 Å². The van der Waals surface area contributed by atoms with Crippen molar-refractivity contribution in [3.05, 3.63) is 107 Å². The number of rotatable bonds is 12. The summed E-state index contributed by atoms with van der Waals surface area (Å²) in [5.74, 6) is -1.24. The van der Waals surface area contributed by atoms with Gasteiger partial charge in [-0.2, -0.15) is 0 Å². The van der Waals surface area contributed by atoms with Crippen molar-refractivity contribution in [1.29, 1.82) is 0 Å². The van der Waals surface area contributed by atoms with Gasteiger partial charge >= 0.3 is 0 Å². The zero-order chi connectivity index (χ0) is 25.3. The van der Waals surface area contributed by atoms with Gasteiger partial charge < -0.3 is 15.8 Å². The van der Waals surface area contributed by atoms with Crippen molar-refractivity contribution in [3.8, 4) is 0 Å². The van der Waals surface area contributed by atoms with Gasteiger partial charge in [-0.25, -0.2) is 8.78 Å². The lowest BCUT2D eigenvalue weighted by molar-refractivity contribution is -0.118. The lowest BCUT2D eigenvalue weighted by atomic mass is 9.80. The Morgan fingerprint density at radius 2 is 1.23 bits per heavy atom. The average molecular weight is 481 g/mol. The van der Waals surface area contributed by atoms with Crippen LogP contribution in [0.5, 0.6) is 0 Å². The number of nitrogens with one attached hydrogen (secondary N) is 1. The molecule has 0 unspecified atom stereocenters. The summed E-state index contributed by atoms with van der Waals surface area (Å²) >= 11 is 0. The van der Waals surface area contributed by atoms with E-state index in [1.54, 1.807) is 48.5 Å². The molecule has 3 N–H and O–H groups in total. The van der Waals surface area contributed by atoms with Gasteiger partial charge in [0.1, 0.15) is 17.2 Å². The van der Waals surface area contributed by atoms with Crippen molar-refractivity contribution in [2.75, 3.05) is 13.7 Å². The molecule has 3 aromatic carbocycles. The summed E-state index contributed by atoms with van der Waals surface area (Å²) in [6.07, 6.45) is 3.74. The fourth-order valence-corrected chi connectivity index (χ4v) is 4.16. The molecule has 3 rings (SSSR count). The summed E-state index contributed by atoms with van der Waals surface area (Å²) in [6, 6.07) is 18.9. The molecule has 184 valence electrons.